The molecule has 0 heterocycles. The predicted molar refractivity (Wildman–Crippen MR) is 0.686 cm³/mol. The fraction of sp³-hybridized carbons (Fsp3) is 0. The van der Waals surface area contributed by atoms with Gasteiger partial charge in [-0.15, -0.1) is 0 Å². The predicted octanol–water partition coefficient (Wildman–Crippen LogP) is -0.126. The average Bonchev–Trinajstić information content (AvgIpc) is 1.00. The zero-order chi connectivity index (χ0) is 2.00. The standard InChI is InChI=1S/O.Ti.W.Zr. The Hall–Kier alpha value is 2.09. The maximum Gasteiger partial charge on any atom is 0 e. The van der Waals surface area contributed by atoms with Gasteiger partial charge in [-0.05, 0) is 0 Å². The van der Waals surface area contributed by atoms with Crippen molar-refractivity contribution < 1.29 is 70.3 Å². The van der Waals surface area contributed by atoms with Crippen LogP contribution in [0, 0.1) is 0 Å². The van der Waals surface area contributed by atoms with Crippen LogP contribution < -0.4 is 0 Å². The molecule has 0 saturated heterocycles. The van der Waals surface area contributed by atoms with Crippen LogP contribution in [-0.2, 0) is 70.3 Å². The van der Waals surface area contributed by atoms with Crippen molar-refractivity contribution in [2.45, 2.75) is 0 Å². The topological polar surface area (TPSA) is 17.1 Å². The van der Waals surface area contributed by atoms with Gasteiger partial charge in [-0.3, -0.25) is 0 Å². The van der Waals surface area contributed by atoms with Crippen LogP contribution in [0.4, 0.5) is 0 Å². The minimum Gasteiger partial charge on any atom is 0 e. The summed E-state index contributed by atoms with van der Waals surface area (Å²) in [4.78, 5) is 0. The fourth-order valence-electron chi connectivity index (χ4n) is 0. The van der Waals surface area contributed by atoms with Crippen molar-refractivity contribution >= 4 is 0 Å². The molecule has 0 amide bonds. The van der Waals surface area contributed by atoms with Gasteiger partial charge in [-0.2, -0.15) is 0 Å². The molecule has 0 bridgehead atoms. The van der Waals surface area contributed by atoms with Gasteiger partial charge in [0.25, 0.3) is 0 Å². The molecule has 4 heavy (non-hydrogen) atoms. The van der Waals surface area contributed by atoms with Gasteiger partial charge in [0.05, 0.1) is 0 Å². The summed E-state index contributed by atoms with van der Waals surface area (Å²) in [6, 6.07) is 0. The van der Waals surface area contributed by atoms with Crippen LogP contribution in [0.1, 0.15) is 0 Å². The molecule has 0 aliphatic carbocycles. The van der Waals surface area contributed by atoms with Crippen molar-refractivity contribution in [1.82, 2.24) is 0 Å². The Labute approximate surface area is 69.3 Å². The van der Waals surface area contributed by atoms with Crippen molar-refractivity contribution in [1.29, 1.82) is 0 Å². The molecule has 0 rings (SSSR count). The van der Waals surface area contributed by atoms with Gasteiger partial charge in [0.15, 0.2) is 0 Å². The van der Waals surface area contributed by atoms with Crippen molar-refractivity contribution in [2.24, 2.45) is 0 Å². The smallest absolute Gasteiger partial charge is 0 e. The van der Waals surface area contributed by atoms with Gasteiger partial charge in [-0.25, -0.2) is 0 Å². The second-order valence-corrected chi connectivity index (χ2v) is 0. The summed E-state index contributed by atoms with van der Waals surface area (Å²) in [6.07, 6.45) is 0. The summed E-state index contributed by atoms with van der Waals surface area (Å²) in [6.45, 7) is 0. The Morgan fingerprint density at radius 3 is 1.25 bits per heavy atom. The van der Waals surface area contributed by atoms with E-state index < -0.39 is 0 Å². The summed E-state index contributed by atoms with van der Waals surface area (Å²) in [5.41, 5.74) is 0. The number of hydrogen-bond donors (Lipinski definition) is 0. The largest absolute Gasteiger partial charge is 0 e. The van der Waals surface area contributed by atoms with Crippen LogP contribution in [0.15, 0.2) is 0 Å². The van der Waals surface area contributed by atoms with Gasteiger partial charge < -0.3 is 0 Å². The molecule has 0 fully saturated rings. The molecule has 0 aliphatic heterocycles. The summed E-state index contributed by atoms with van der Waals surface area (Å²) in [7, 11) is 0. The second-order valence-electron chi connectivity index (χ2n) is 0. The molecule has 4 heteroatoms. The molecule has 0 aromatic heterocycles. The van der Waals surface area contributed by atoms with E-state index in [0.29, 0.717) is 24.7 Å². The van der Waals surface area contributed by atoms with Crippen molar-refractivity contribution in [3.8, 4) is 0 Å². The Morgan fingerprint density at radius 1 is 1.25 bits per heavy atom. The molecule has 0 N–H and O–H groups in total. The van der Waals surface area contributed by atoms with E-state index in [9.17, 15) is 0 Å². The third-order valence-electron chi connectivity index (χ3n) is 0. The van der Waals surface area contributed by atoms with Gasteiger partial charge in [0, 0.05) is 42.8 Å². The molecule has 0 aromatic rings. The quantitative estimate of drug-likeness (QED) is 0.563. The van der Waals surface area contributed by atoms with E-state index in [2.05, 4.69) is 0 Å². The van der Waals surface area contributed by atoms with Gasteiger partial charge in [0.2, 0.25) is 0 Å². The Bertz CT molecular complexity index is 8.00. The van der Waals surface area contributed by atoms with Crippen molar-refractivity contribution in [3.63, 3.8) is 0 Å². The molecule has 0 atom stereocenters. The van der Waals surface area contributed by atoms with Crippen LogP contribution in [0.3, 0.4) is 0 Å². The minimum atomic E-state index is 0. The first-order valence-electron chi connectivity index (χ1n) is 0.204. The number of rotatable bonds is 0. The van der Waals surface area contributed by atoms with E-state index in [4.69, 9.17) is 2.81 Å². The molecular formula is OTiWZr. The second kappa shape index (κ2) is 19.5. The Balaban J connectivity index is -0.00000000500. The van der Waals surface area contributed by atoms with Crippen molar-refractivity contribution in [3.05, 3.63) is 0 Å². The normalized spacial score (nSPS) is 0.750. The van der Waals surface area contributed by atoms with Crippen LogP contribution >= 0.6 is 0 Å². The van der Waals surface area contributed by atoms with E-state index in [0.717, 1.165) is 0 Å². The molecule has 20 valence electrons. The maximum absolute atomic E-state index is 8.34. The molecule has 1 nitrogen and oxygen atoms in total. The van der Waals surface area contributed by atoms with E-state index in [1.165, 1.54) is 0 Å². The summed E-state index contributed by atoms with van der Waals surface area (Å²) >= 11 is 0.300. The summed E-state index contributed by atoms with van der Waals surface area (Å²) in [5, 5.41) is 0. The van der Waals surface area contributed by atoms with Crippen molar-refractivity contribution in [2.75, 3.05) is 0 Å². The molecule has 0 saturated carbocycles. The summed E-state index contributed by atoms with van der Waals surface area (Å²) in [5.74, 6) is 0. The Morgan fingerprint density at radius 2 is 1.25 bits per heavy atom. The minimum absolute atomic E-state index is 0. The molecule has 0 unspecified atom stereocenters. The van der Waals surface area contributed by atoms with E-state index in [1.807, 2.05) is 0 Å². The average molecular weight is 339 g/mol. The van der Waals surface area contributed by atoms with Crippen LogP contribution in [0.25, 0.3) is 0 Å². The third kappa shape index (κ3) is 8.94. The maximum atomic E-state index is 8.34. The van der Waals surface area contributed by atoms with Gasteiger partial charge in [-0.1, -0.05) is 0 Å². The zero-order valence-electron chi connectivity index (χ0n) is 1.82. The van der Waals surface area contributed by atoms with Crippen LogP contribution in [-0.4, -0.2) is 0 Å². The van der Waals surface area contributed by atoms with E-state index in [1.54, 1.807) is 0 Å². The first-order valence-corrected chi connectivity index (χ1v) is 1.21. The zero-order valence-corrected chi connectivity index (χ0v) is 8.77. The molecule has 0 aromatic carbocycles. The first-order chi connectivity index (χ1) is 1.00. The Kier molecular flexibility index (Phi) is 80.7. The third-order valence-corrected chi connectivity index (χ3v) is 0. The van der Waals surface area contributed by atoms with Crippen LogP contribution in [0.2, 0.25) is 0 Å². The van der Waals surface area contributed by atoms with E-state index >= 15 is 0 Å². The summed E-state index contributed by atoms with van der Waals surface area (Å²) < 4.78 is 8.34. The van der Waals surface area contributed by atoms with Gasteiger partial charge in [0.1, 0.15) is 0 Å². The monoisotopic (exact) mass is 338 g/mol. The molecular weight excluding hydrogens is 339 g/mol. The SMILES string of the molecule is [O]=[Zr].[Ti].[W]. The number of hydrogen-bond acceptors (Lipinski definition) is 1. The molecule has 0 spiro atoms. The fourth-order valence-corrected chi connectivity index (χ4v) is 0. The first kappa shape index (κ1) is 16.5. The molecule has 0 aliphatic rings. The molecule has 0 radical (unpaired) electrons. The van der Waals surface area contributed by atoms with Crippen LogP contribution in [0.5, 0.6) is 0 Å². The van der Waals surface area contributed by atoms with E-state index in [-0.39, 0.29) is 42.8 Å². The van der Waals surface area contributed by atoms with Gasteiger partial charge >= 0.3 is 27.5 Å².